The van der Waals surface area contributed by atoms with Gasteiger partial charge in [-0.3, -0.25) is 14.4 Å². The van der Waals surface area contributed by atoms with E-state index in [-0.39, 0.29) is 24.2 Å². The maximum Gasteiger partial charge on any atom is 0.254 e. The minimum atomic E-state index is -0.915. The standard InChI is InChI=1S/C23H26ClN3O3/c1-14(2)17(15-7-9-16(24)10-8-15)11-12-25-21(28)13-20-23(30)26-19-6-4-3-5-18(19)22(29)27-20/h3-10,14,17,20H,11-13H2,1-2H3,(H,25,28)(H,26,30)(H,27,29). The number of hydrogen-bond acceptors (Lipinski definition) is 3. The van der Waals surface area contributed by atoms with E-state index in [2.05, 4.69) is 29.8 Å². The number of carbonyl (C=O) groups is 3. The second-order valence-corrected chi connectivity index (χ2v) is 8.24. The molecule has 1 heterocycles. The average Bonchev–Trinajstić information content (AvgIpc) is 2.82. The Morgan fingerprint density at radius 3 is 2.50 bits per heavy atom. The van der Waals surface area contributed by atoms with Gasteiger partial charge in [0.15, 0.2) is 0 Å². The average molecular weight is 428 g/mol. The summed E-state index contributed by atoms with van der Waals surface area (Å²) in [7, 11) is 0. The fraction of sp³-hybridized carbons (Fsp3) is 0.348. The number of para-hydroxylation sites is 1. The number of benzene rings is 2. The van der Waals surface area contributed by atoms with Crippen LogP contribution in [0.2, 0.25) is 5.02 Å². The van der Waals surface area contributed by atoms with E-state index in [1.807, 2.05) is 24.3 Å². The lowest BCUT2D eigenvalue weighted by atomic mass is 9.86. The normalized spacial score (nSPS) is 16.9. The van der Waals surface area contributed by atoms with Crippen molar-refractivity contribution in [1.29, 1.82) is 0 Å². The van der Waals surface area contributed by atoms with Crippen LogP contribution in [0.5, 0.6) is 0 Å². The number of rotatable bonds is 7. The molecule has 0 saturated carbocycles. The third kappa shape index (κ3) is 5.39. The van der Waals surface area contributed by atoms with Gasteiger partial charge in [0.1, 0.15) is 6.04 Å². The number of carbonyl (C=O) groups excluding carboxylic acids is 3. The van der Waals surface area contributed by atoms with Crippen molar-refractivity contribution in [1.82, 2.24) is 10.6 Å². The molecule has 3 rings (SSSR count). The molecule has 0 bridgehead atoms. The molecule has 7 heteroatoms. The Balaban J connectivity index is 1.54. The number of halogens is 1. The molecule has 158 valence electrons. The molecule has 0 saturated heterocycles. The first-order chi connectivity index (χ1) is 14.3. The summed E-state index contributed by atoms with van der Waals surface area (Å²) in [5.41, 5.74) is 2.01. The Morgan fingerprint density at radius 2 is 1.80 bits per heavy atom. The van der Waals surface area contributed by atoms with Gasteiger partial charge in [-0.25, -0.2) is 0 Å². The quantitative estimate of drug-likeness (QED) is 0.629. The maximum atomic E-state index is 12.4. The van der Waals surface area contributed by atoms with Crippen LogP contribution in [0.15, 0.2) is 48.5 Å². The van der Waals surface area contributed by atoms with Crippen LogP contribution in [-0.4, -0.2) is 30.3 Å². The molecule has 1 aliphatic rings. The SMILES string of the molecule is CC(C)C(CCNC(=O)CC1NC(=O)c2ccccc2NC1=O)c1ccc(Cl)cc1. The Labute approximate surface area is 181 Å². The Kier molecular flexibility index (Phi) is 7.11. The monoisotopic (exact) mass is 427 g/mol. The molecule has 3 amide bonds. The summed E-state index contributed by atoms with van der Waals surface area (Å²) in [6, 6.07) is 13.6. The van der Waals surface area contributed by atoms with Crippen molar-refractivity contribution in [3.63, 3.8) is 0 Å². The Bertz CT molecular complexity index is 928. The van der Waals surface area contributed by atoms with Gasteiger partial charge in [-0.1, -0.05) is 49.7 Å². The molecule has 1 aliphatic heterocycles. The summed E-state index contributed by atoms with van der Waals surface area (Å²) in [4.78, 5) is 37.2. The maximum absolute atomic E-state index is 12.4. The van der Waals surface area contributed by atoms with Gasteiger partial charge in [0.25, 0.3) is 5.91 Å². The zero-order chi connectivity index (χ0) is 21.7. The number of hydrogen-bond donors (Lipinski definition) is 3. The zero-order valence-electron chi connectivity index (χ0n) is 17.1. The lowest BCUT2D eigenvalue weighted by Gasteiger charge is -2.22. The van der Waals surface area contributed by atoms with Gasteiger partial charge in [-0.2, -0.15) is 0 Å². The molecule has 0 aromatic heterocycles. The largest absolute Gasteiger partial charge is 0.356 e. The summed E-state index contributed by atoms with van der Waals surface area (Å²) in [6.45, 7) is 4.77. The van der Waals surface area contributed by atoms with E-state index in [0.717, 1.165) is 6.42 Å². The van der Waals surface area contributed by atoms with Gasteiger partial charge in [-0.15, -0.1) is 0 Å². The van der Waals surface area contributed by atoms with Crippen LogP contribution in [0.3, 0.4) is 0 Å². The Morgan fingerprint density at radius 1 is 1.10 bits per heavy atom. The highest BCUT2D eigenvalue weighted by atomic mass is 35.5. The number of anilines is 1. The lowest BCUT2D eigenvalue weighted by molar-refractivity contribution is -0.125. The first-order valence-electron chi connectivity index (χ1n) is 10.1. The van der Waals surface area contributed by atoms with Gasteiger partial charge in [0, 0.05) is 11.6 Å². The molecule has 2 atom stereocenters. The molecular weight excluding hydrogens is 402 g/mol. The topological polar surface area (TPSA) is 87.3 Å². The van der Waals surface area contributed by atoms with Crippen molar-refractivity contribution >= 4 is 35.0 Å². The third-order valence-corrected chi connectivity index (χ3v) is 5.57. The molecular formula is C23H26ClN3O3. The molecule has 2 aromatic rings. The summed E-state index contributed by atoms with van der Waals surface area (Å²) < 4.78 is 0. The summed E-state index contributed by atoms with van der Waals surface area (Å²) >= 11 is 5.98. The van der Waals surface area contributed by atoms with Crippen molar-refractivity contribution in [2.75, 3.05) is 11.9 Å². The smallest absolute Gasteiger partial charge is 0.254 e. The van der Waals surface area contributed by atoms with Gasteiger partial charge in [0.2, 0.25) is 11.8 Å². The van der Waals surface area contributed by atoms with Crippen molar-refractivity contribution in [2.45, 2.75) is 38.6 Å². The molecule has 3 N–H and O–H groups in total. The number of nitrogens with one attached hydrogen (secondary N) is 3. The number of fused-ring (bicyclic) bond motifs is 1. The van der Waals surface area contributed by atoms with Crippen molar-refractivity contribution in [3.05, 3.63) is 64.7 Å². The molecule has 0 fully saturated rings. The minimum Gasteiger partial charge on any atom is -0.356 e. The van der Waals surface area contributed by atoms with Gasteiger partial charge >= 0.3 is 0 Å². The zero-order valence-corrected chi connectivity index (χ0v) is 17.8. The number of amides is 3. The van der Waals surface area contributed by atoms with Crippen LogP contribution < -0.4 is 16.0 Å². The molecule has 0 radical (unpaired) electrons. The molecule has 30 heavy (non-hydrogen) atoms. The van der Waals surface area contributed by atoms with E-state index in [1.165, 1.54) is 5.56 Å². The predicted molar refractivity (Wildman–Crippen MR) is 118 cm³/mol. The van der Waals surface area contributed by atoms with Gasteiger partial charge in [-0.05, 0) is 48.1 Å². The Hall–Kier alpha value is -2.86. The molecule has 0 aliphatic carbocycles. The predicted octanol–water partition coefficient (Wildman–Crippen LogP) is 3.73. The molecule has 2 unspecified atom stereocenters. The van der Waals surface area contributed by atoms with Crippen LogP contribution in [0.25, 0.3) is 0 Å². The lowest BCUT2D eigenvalue weighted by Crippen LogP contribution is -2.44. The van der Waals surface area contributed by atoms with Crippen LogP contribution in [-0.2, 0) is 9.59 Å². The van der Waals surface area contributed by atoms with Crippen molar-refractivity contribution < 1.29 is 14.4 Å². The van der Waals surface area contributed by atoms with Crippen LogP contribution >= 0.6 is 11.6 Å². The third-order valence-electron chi connectivity index (χ3n) is 5.32. The highest BCUT2D eigenvalue weighted by Gasteiger charge is 2.29. The van der Waals surface area contributed by atoms with E-state index in [9.17, 15) is 14.4 Å². The van der Waals surface area contributed by atoms with Crippen LogP contribution in [0, 0.1) is 5.92 Å². The minimum absolute atomic E-state index is 0.112. The summed E-state index contributed by atoms with van der Waals surface area (Å²) in [6.07, 6.45) is 0.651. The first-order valence-corrected chi connectivity index (χ1v) is 10.5. The van der Waals surface area contributed by atoms with E-state index in [0.29, 0.717) is 28.7 Å². The van der Waals surface area contributed by atoms with Gasteiger partial charge in [0.05, 0.1) is 17.7 Å². The second-order valence-electron chi connectivity index (χ2n) is 7.81. The fourth-order valence-corrected chi connectivity index (χ4v) is 3.80. The second kappa shape index (κ2) is 9.76. The fourth-order valence-electron chi connectivity index (χ4n) is 3.67. The van der Waals surface area contributed by atoms with E-state index < -0.39 is 11.9 Å². The van der Waals surface area contributed by atoms with E-state index in [1.54, 1.807) is 24.3 Å². The summed E-state index contributed by atoms with van der Waals surface area (Å²) in [5.74, 6) is -0.375. The molecule has 6 nitrogen and oxygen atoms in total. The highest BCUT2D eigenvalue weighted by Crippen LogP contribution is 2.28. The van der Waals surface area contributed by atoms with Crippen molar-refractivity contribution in [2.24, 2.45) is 5.92 Å². The molecule has 0 spiro atoms. The van der Waals surface area contributed by atoms with Crippen LogP contribution in [0.1, 0.15) is 48.5 Å². The first kappa shape index (κ1) is 21.8. The summed E-state index contributed by atoms with van der Waals surface area (Å²) in [5, 5.41) is 8.92. The molecule has 2 aromatic carbocycles. The van der Waals surface area contributed by atoms with Crippen molar-refractivity contribution in [3.8, 4) is 0 Å². The van der Waals surface area contributed by atoms with Gasteiger partial charge < -0.3 is 16.0 Å². The highest BCUT2D eigenvalue weighted by molar-refractivity contribution is 6.30. The van der Waals surface area contributed by atoms with E-state index >= 15 is 0 Å². The van der Waals surface area contributed by atoms with E-state index in [4.69, 9.17) is 11.6 Å². The van der Waals surface area contributed by atoms with Crippen LogP contribution in [0.4, 0.5) is 5.69 Å².